The minimum Gasteiger partial charge on any atom is -0.386 e. The van der Waals surface area contributed by atoms with Crippen molar-refractivity contribution in [3.8, 4) is 0 Å². The van der Waals surface area contributed by atoms with Crippen LogP contribution in [-0.2, 0) is 4.79 Å². The zero-order chi connectivity index (χ0) is 7.28. The van der Waals surface area contributed by atoms with Crippen molar-refractivity contribution in [2.75, 3.05) is 6.61 Å². The van der Waals surface area contributed by atoms with Crippen molar-refractivity contribution in [3.63, 3.8) is 0 Å². The van der Waals surface area contributed by atoms with Gasteiger partial charge in [0.15, 0.2) is 0 Å². The molecule has 0 radical (unpaired) electrons. The van der Waals surface area contributed by atoms with Crippen molar-refractivity contribution in [2.45, 2.75) is 19.9 Å². The van der Waals surface area contributed by atoms with E-state index in [1.807, 2.05) is 13.8 Å². The number of aliphatic hydroxyl groups excluding tert-OH is 1. The van der Waals surface area contributed by atoms with Crippen molar-refractivity contribution < 1.29 is 9.90 Å². The third kappa shape index (κ3) is 5.26. The fraction of sp³-hybridized carbons (Fsp3) is 0.800. The number of hydrazine groups is 1. The molecule has 0 aromatic carbocycles. The van der Waals surface area contributed by atoms with Crippen LogP contribution in [0.2, 0.25) is 0 Å². The van der Waals surface area contributed by atoms with Gasteiger partial charge in [-0.2, -0.15) is 0 Å². The first kappa shape index (κ1) is 8.39. The maximum Gasteiger partial charge on any atom is 0.259 e. The van der Waals surface area contributed by atoms with Crippen LogP contribution >= 0.6 is 0 Å². The lowest BCUT2D eigenvalue weighted by molar-refractivity contribution is -0.125. The molecular weight excluding hydrogens is 120 g/mol. The van der Waals surface area contributed by atoms with E-state index in [4.69, 9.17) is 5.11 Å². The highest BCUT2D eigenvalue weighted by molar-refractivity contribution is 5.76. The zero-order valence-electron chi connectivity index (χ0n) is 5.64. The lowest BCUT2D eigenvalue weighted by Gasteiger charge is -2.07. The SMILES string of the molecule is CC(C)NNC(=O)CO. The predicted octanol–water partition coefficient (Wildman–Crippen LogP) is -0.992. The van der Waals surface area contributed by atoms with Crippen LogP contribution in [0.3, 0.4) is 0 Å². The quantitative estimate of drug-likeness (QED) is 0.432. The fourth-order valence-electron chi connectivity index (χ4n) is 0.264. The Kier molecular flexibility index (Phi) is 4.00. The van der Waals surface area contributed by atoms with Crippen molar-refractivity contribution >= 4 is 5.91 Å². The van der Waals surface area contributed by atoms with E-state index >= 15 is 0 Å². The van der Waals surface area contributed by atoms with E-state index in [0.717, 1.165) is 0 Å². The molecule has 4 nitrogen and oxygen atoms in total. The standard InChI is InChI=1S/C5H12N2O2/c1-4(2)6-7-5(9)3-8/h4,6,8H,3H2,1-2H3,(H,7,9). The molecule has 1 amide bonds. The summed E-state index contributed by atoms with van der Waals surface area (Å²) in [6.07, 6.45) is 0. The molecule has 0 spiro atoms. The van der Waals surface area contributed by atoms with Crippen molar-refractivity contribution in [3.05, 3.63) is 0 Å². The zero-order valence-corrected chi connectivity index (χ0v) is 5.64. The number of carbonyl (C=O) groups is 1. The molecule has 0 aliphatic carbocycles. The van der Waals surface area contributed by atoms with Gasteiger partial charge in [0.1, 0.15) is 6.61 Å². The Labute approximate surface area is 54.2 Å². The number of rotatable bonds is 3. The fourth-order valence-corrected chi connectivity index (χ4v) is 0.264. The molecule has 0 saturated carbocycles. The Balaban J connectivity index is 3.17. The summed E-state index contributed by atoms with van der Waals surface area (Å²) >= 11 is 0. The second-order valence-electron chi connectivity index (χ2n) is 2.01. The molecule has 54 valence electrons. The Bertz CT molecular complexity index is 93.0. The number of nitrogens with one attached hydrogen (secondary N) is 2. The van der Waals surface area contributed by atoms with E-state index in [1.165, 1.54) is 0 Å². The van der Waals surface area contributed by atoms with E-state index < -0.39 is 12.5 Å². The smallest absolute Gasteiger partial charge is 0.259 e. The molecule has 0 bridgehead atoms. The highest BCUT2D eigenvalue weighted by Gasteiger charge is 1.95. The molecule has 0 aromatic heterocycles. The van der Waals surface area contributed by atoms with Gasteiger partial charge < -0.3 is 5.11 Å². The number of hydrogen-bond donors (Lipinski definition) is 3. The molecule has 0 saturated heterocycles. The summed E-state index contributed by atoms with van der Waals surface area (Å²) in [5.41, 5.74) is 4.93. The van der Waals surface area contributed by atoms with Crippen LogP contribution in [0.4, 0.5) is 0 Å². The lowest BCUT2D eigenvalue weighted by Crippen LogP contribution is -2.42. The van der Waals surface area contributed by atoms with Gasteiger partial charge in [-0.3, -0.25) is 10.2 Å². The molecule has 0 aliphatic heterocycles. The summed E-state index contributed by atoms with van der Waals surface area (Å²) in [7, 11) is 0. The summed E-state index contributed by atoms with van der Waals surface area (Å²) in [5, 5.41) is 8.20. The molecule has 0 fully saturated rings. The number of aliphatic hydroxyl groups is 1. The van der Waals surface area contributed by atoms with Crippen LogP contribution in [0.5, 0.6) is 0 Å². The number of carbonyl (C=O) groups excluding carboxylic acids is 1. The van der Waals surface area contributed by atoms with Crippen LogP contribution in [0.1, 0.15) is 13.8 Å². The summed E-state index contributed by atoms with van der Waals surface area (Å²) in [4.78, 5) is 10.3. The van der Waals surface area contributed by atoms with Gasteiger partial charge in [-0.05, 0) is 13.8 Å². The van der Waals surface area contributed by atoms with Crippen molar-refractivity contribution in [1.82, 2.24) is 10.9 Å². The second kappa shape index (κ2) is 4.29. The predicted molar refractivity (Wildman–Crippen MR) is 33.5 cm³/mol. The van der Waals surface area contributed by atoms with Gasteiger partial charge >= 0.3 is 0 Å². The van der Waals surface area contributed by atoms with Gasteiger partial charge in [0.25, 0.3) is 5.91 Å². The van der Waals surface area contributed by atoms with Crippen molar-refractivity contribution in [2.24, 2.45) is 0 Å². The number of hydrogen-bond acceptors (Lipinski definition) is 3. The Morgan fingerprint density at radius 3 is 2.56 bits per heavy atom. The average molecular weight is 132 g/mol. The molecule has 0 rings (SSSR count). The summed E-state index contributed by atoms with van der Waals surface area (Å²) in [6.45, 7) is 3.30. The molecule has 4 heteroatoms. The van der Waals surface area contributed by atoms with Gasteiger partial charge in [0, 0.05) is 6.04 Å². The lowest BCUT2D eigenvalue weighted by atomic mass is 10.4. The molecule has 9 heavy (non-hydrogen) atoms. The van der Waals surface area contributed by atoms with Crippen LogP contribution in [0.15, 0.2) is 0 Å². The molecule has 0 heterocycles. The van der Waals surface area contributed by atoms with E-state index in [0.29, 0.717) is 0 Å². The third-order valence-corrected chi connectivity index (χ3v) is 0.644. The average Bonchev–Trinajstić information content (AvgIpc) is 1.83. The number of amides is 1. The van der Waals surface area contributed by atoms with E-state index in [9.17, 15) is 4.79 Å². The Morgan fingerprint density at radius 1 is 1.67 bits per heavy atom. The summed E-state index contributed by atoms with van der Waals surface area (Å²) < 4.78 is 0. The highest BCUT2D eigenvalue weighted by atomic mass is 16.3. The minimum atomic E-state index is -0.473. The normalized spacial score (nSPS) is 9.78. The van der Waals surface area contributed by atoms with E-state index in [-0.39, 0.29) is 6.04 Å². The summed E-state index contributed by atoms with van der Waals surface area (Å²) in [5.74, 6) is -0.413. The highest BCUT2D eigenvalue weighted by Crippen LogP contribution is 1.69. The van der Waals surface area contributed by atoms with Gasteiger partial charge in [-0.15, -0.1) is 0 Å². The Hall–Kier alpha value is -0.610. The maximum absolute atomic E-state index is 10.3. The van der Waals surface area contributed by atoms with Crippen molar-refractivity contribution in [1.29, 1.82) is 0 Å². The Morgan fingerprint density at radius 2 is 2.22 bits per heavy atom. The largest absolute Gasteiger partial charge is 0.386 e. The molecular formula is C5H12N2O2. The first-order valence-electron chi connectivity index (χ1n) is 2.82. The molecule has 3 N–H and O–H groups in total. The summed E-state index contributed by atoms with van der Waals surface area (Å²) in [6, 6.07) is 0.195. The topological polar surface area (TPSA) is 61.4 Å². The first-order valence-corrected chi connectivity index (χ1v) is 2.82. The van der Waals surface area contributed by atoms with E-state index in [1.54, 1.807) is 0 Å². The molecule has 0 aliphatic rings. The van der Waals surface area contributed by atoms with Crippen LogP contribution in [-0.4, -0.2) is 23.7 Å². The van der Waals surface area contributed by atoms with Crippen LogP contribution in [0, 0.1) is 0 Å². The molecule has 0 atom stereocenters. The minimum absolute atomic E-state index is 0.195. The maximum atomic E-state index is 10.3. The molecule has 0 unspecified atom stereocenters. The van der Waals surface area contributed by atoms with Gasteiger partial charge in [0.05, 0.1) is 0 Å². The van der Waals surface area contributed by atoms with Gasteiger partial charge in [-0.25, -0.2) is 5.43 Å². The monoisotopic (exact) mass is 132 g/mol. The van der Waals surface area contributed by atoms with Gasteiger partial charge in [0.2, 0.25) is 0 Å². The van der Waals surface area contributed by atoms with Gasteiger partial charge in [-0.1, -0.05) is 0 Å². The van der Waals surface area contributed by atoms with Crippen LogP contribution < -0.4 is 10.9 Å². The second-order valence-corrected chi connectivity index (χ2v) is 2.01. The third-order valence-electron chi connectivity index (χ3n) is 0.644. The first-order chi connectivity index (χ1) is 4.16. The molecule has 0 aromatic rings. The van der Waals surface area contributed by atoms with E-state index in [2.05, 4.69) is 10.9 Å². The van der Waals surface area contributed by atoms with Crippen LogP contribution in [0.25, 0.3) is 0 Å².